The van der Waals surface area contributed by atoms with E-state index < -0.39 is 36.0 Å². The first-order chi connectivity index (χ1) is 6.61. The maximum Gasteiger partial charge on any atom is 0.310 e. The van der Waals surface area contributed by atoms with E-state index >= 15 is 0 Å². The second kappa shape index (κ2) is 2.26. The van der Waals surface area contributed by atoms with Crippen LogP contribution in [0.3, 0.4) is 0 Å². The van der Waals surface area contributed by atoms with E-state index in [1.54, 1.807) is 0 Å². The summed E-state index contributed by atoms with van der Waals surface area (Å²) in [6, 6.07) is 0. The van der Waals surface area contributed by atoms with Crippen molar-refractivity contribution in [2.45, 2.75) is 24.4 Å². The zero-order valence-electron chi connectivity index (χ0n) is 6.99. The molecular weight excluding hydrogens is 192 g/mol. The van der Waals surface area contributed by atoms with E-state index in [2.05, 4.69) is 0 Å². The van der Waals surface area contributed by atoms with Gasteiger partial charge in [0.15, 0.2) is 0 Å². The van der Waals surface area contributed by atoms with Gasteiger partial charge in [0, 0.05) is 0 Å². The van der Waals surface area contributed by atoms with Crippen LogP contribution in [0.25, 0.3) is 0 Å². The van der Waals surface area contributed by atoms with Gasteiger partial charge in [-0.05, 0) is 0 Å². The van der Waals surface area contributed by atoms with Crippen LogP contribution < -0.4 is 0 Å². The predicted octanol–water partition coefficient (Wildman–Crippen LogP) is -1.06. The smallest absolute Gasteiger partial charge is 0.310 e. The Hall–Kier alpha value is -1.14. The van der Waals surface area contributed by atoms with E-state index in [4.69, 9.17) is 19.7 Å². The largest absolute Gasteiger partial charge is 0.481 e. The Balaban J connectivity index is 1.92. The lowest BCUT2D eigenvalue weighted by Crippen LogP contribution is -2.42. The van der Waals surface area contributed by atoms with Crippen molar-refractivity contribution < 1.29 is 29.3 Å². The normalized spacial score (nSPS) is 52.9. The van der Waals surface area contributed by atoms with Gasteiger partial charge in [-0.15, -0.1) is 0 Å². The first-order valence-corrected chi connectivity index (χ1v) is 4.38. The van der Waals surface area contributed by atoms with Gasteiger partial charge in [-0.25, -0.2) is 0 Å². The quantitative estimate of drug-likeness (QED) is 0.551. The average Bonchev–Trinajstić information content (AvgIpc) is 2.93. The van der Waals surface area contributed by atoms with Gasteiger partial charge in [0.25, 0.3) is 0 Å². The Morgan fingerprint density at radius 1 is 0.786 bits per heavy atom. The maximum atomic E-state index is 10.9. The molecule has 0 radical (unpaired) electrons. The summed E-state index contributed by atoms with van der Waals surface area (Å²) in [5.41, 5.74) is 0. The van der Waals surface area contributed by atoms with Gasteiger partial charge in [-0.1, -0.05) is 0 Å². The molecule has 3 fully saturated rings. The molecule has 14 heavy (non-hydrogen) atoms. The van der Waals surface area contributed by atoms with Crippen molar-refractivity contribution in [2.24, 2.45) is 11.8 Å². The fourth-order valence-electron chi connectivity index (χ4n) is 2.38. The molecule has 1 saturated carbocycles. The van der Waals surface area contributed by atoms with Crippen LogP contribution in [0.1, 0.15) is 0 Å². The minimum Gasteiger partial charge on any atom is -0.481 e. The van der Waals surface area contributed by atoms with Crippen molar-refractivity contribution in [3.63, 3.8) is 0 Å². The number of epoxide rings is 2. The molecule has 0 aromatic heterocycles. The average molecular weight is 200 g/mol. The molecule has 3 aliphatic rings. The summed E-state index contributed by atoms with van der Waals surface area (Å²) in [5, 5.41) is 17.8. The standard InChI is InChI=1S/C8H8O6/c9-7(10)1-2(8(11)12)4-6(14-4)5-3(1)13-5/h1-6H,(H,9,10)(H,11,12)/t1-,2-,3-,4-,5-,6-/m1/s1. The first-order valence-electron chi connectivity index (χ1n) is 4.38. The summed E-state index contributed by atoms with van der Waals surface area (Å²) < 4.78 is 10.2. The van der Waals surface area contributed by atoms with Crippen molar-refractivity contribution in [1.29, 1.82) is 0 Å². The van der Waals surface area contributed by atoms with Gasteiger partial charge < -0.3 is 19.7 Å². The van der Waals surface area contributed by atoms with E-state index in [0.717, 1.165) is 0 Å². The molecule has 2 saturated heterocycles. The molecule has 2 N–H and O–H groups in total. The lowest BCUT2D eigenvalue weighted by molar-refractivity contribution is -0.155. The van der Waals surface area contributed by atoms with Crippen molar-refractivity contribution in [1.82, 2.24) is 0 Å². The number of hydrogen-bond acceptors (Lipinski definition) is 4. The Kier molecular flexibility index (Phi) is 1.32. The molecule has 6 nitrogen and oxygen atoms in total. The Labute approximate surface area is 78.4 Å². The van der Waals surface area contributed by atoms with Gasteiger partial charge in [-0.2, -0.15) is 0 Å². The second-order valence-corrected chi connectivity index (χ2v) is 3.86. The molecule has 76 valence electrons. The molecule has 0 spiro atoms. The van der Waals surface area contributed by atoms with Crippen LogP contribution >= 0.6 is 0 Å². The number of rotatable bonds is 2. The topological polar surface area (TPSA) is 99.7 Å². The molecule has 0 bridgehead atoms. The summed E-state index contributed by atoms with van der Waals surface area (Å²) in [4.78, 5) is 21.7. The highest BCUT2D eigenvalue weighted by Gasteiger charge is 2.72. The number of carboxylic acids is 2. The van der Waals surface area contributed by atoms with E-state index in [-0.39, 0.29) is 12.2 Å². The van der Waals surface area contributed by atoms with Crippen LogP contribution in [-0.2, 0) is 19.1 Å². The number of carbonyl (C=O) groups is 2. The van der Waals surface area contributed by atoms with Crippen LogP contribution in [0, 0.1) is 11.8 Å². The summed E-state index contributed by atoms with van der Waals surface area (Å²) in [6.45, 7) is 0. The SMILES string of the molecule is O=C(O)[C@H]1[C@H]2O[C@H]2[C@@H]2O[C@@H]2[C@@H]1C(=O)O. The highest BCUT2D eigenvalue weighted by Crippen LogP contribution is 2.53. The fraction of sp³-hybridized carbons (Fsp3) is 0.750. The lowest BCUT2D eigenvalue weighted by atomic mass is 9.79. The zero-order chi connectivity index (χ0) is 10.0. The highest BCUT2D eigenvalue weighted by atomic mass is 16.7. The molecule has 3 rings (SSSR count). The maximum absolute atomic E-state index is 10.9. The second-order valence-electron chi connectivity index (χ2n) is 3.86. The number of carboxylic acid groups (broad SMARTS) is 2. The molecule has 1 aliphatic carbocycles. The monoisotopic (exact) mass is 200 g/mol. The van der Waals surface area contributed by atoms with Crippen LogP contribution in [0.4, 0.5) is 0 Å². The Bertz CT molecular complexity index is 294. The lowest BCUT2D eigenvalue weighted by Gasteiger charge is -2.18. The molecular formula is C8H8O6. The fourth-order valence-corrected chi connectivity index (χ4v) is 2.38. The zero-order valence-corrected chi connectivity index (χ0v) is 6.99. The number of fused-ring (bicyclic) bond motifs is 3. The summed E-state index contributed by atoms with van der Waals surface area (Å²) in [7, 11) is 0. The number of aliphatic carboxylic acids is 2. The van der Waals surface area contributed by atoms with Gasteiger partial charge >= 0.3 is 11.9 Å². The van der Waals surface area contributed by atoms with Crippen molar-refractivity contribution in [2.75, 3.05) is 0 Å². The van der Waals surface area contributed by atoms with Crippen LogP contribution in [0.5, 0.6) is 0 Å². The molecule has 0 aromatic carbocycles. The molecule has 6 atom stereocenters. The Morgan fingerprint density at radius 2 is 1.14 bits per heavy atom. The minimum absolute atomic E-state index is 0.184. The van der Waals surface area contributed by atoms with Gasteiger partial charge in [0.1, 0.15) is 36.3 Å². The molecule has 0 aromatic rings. The van der Waals surface area contributed by atoms with Crippen molar-refractivity contribution in [3.05, 3.63) is 0 Å². The molecule has 0 amide bonds. The number of hydrogen-bond donors (Lipinski definition) is 2. The van der Waals surface area contributed by atoms with Crippen LogP contribution in [-0.4, -0.2) is 46.6 Å². The third-order valence-electron chi connectivity index (χ3n) is 3.11. The molecule has 0 unspecified atom stereocenters. The summed E-state index contributed by atoms with van der Waals surface area (Å²) >= 11 is 0. The van der Waals surface area contributed by atoms with E-state index in [0.29, 0.717) is 0 Å². The molecule has 6 heteroatoms. The van der Waals surface area contributed by atoms with E-state index in [1.165, 1.54) is 0 Å². The highest BCUT2D eigenvalue weighted by molar-refractivity contribution is 5.82. The molecule has 2 heterocycles. The first kappa shape index (κ1) is 8.19. The van der Waals surface area contributed by atoms with E-state index in [1.807, 2.05) is 0 Å². The molecule has 2 aliphatic heterocycles. The third kappa shape index (κ3) is 0.869. The summed E-state index contributed by atoms with van der Waals surface area (Å²) in [5.74, 6) is -4.14. The van der Waals surface area contributed by atoms with Crippen LogP contribution in [0.15, 0.2) is 0 Å². The van der Waals surface area contributed by atoms with Gasteiger partial charge in [-0.3, -0.25) is 9.59 Å². The van der Waals surface area contributed by atoms with Gasteiger partial charge in [0.2, 0.25) is 0 Å². The Morgan fingerprint density at radius 3 is 1.43 bits per heavy atom. The number of ether oxygens (including phenoxy) is 2. The van der Waals surface area contributed by atoms with Crippen LogP contribution in [0.2, 0.25) is 0 Å². The minimum atomic E-state index is -1.11. The van der Waals surface area contributed by atoms with Crippen molar-refractivity contribution in [3.8, 4) is 0 Å². The van der Waals surface area contributed by atoms with E-state index in [9.17, 15) is 9.59 Å². The van der Waals surface area contributed by atoms with Crippen molar-refractivity contribution >= 4 is 11.9 Å². The van der Waals surface area contributed by atoms with Gasteiger partial charge in [0.05, 0.1) is 0 Å². The summed E-state index contributed by atoms with van der Waals surface area (Å²) in [6.07, 6.45) is -1.29. The third-order valence-corrected chi connectivity index (χ3v) is 3.11. The predicted molar refractivity (Wildman–Crippen MR) is 39.6 cm³/mol.